The van der Waals surface area contributed by atoms with Gasteiger partial charge in [-0.1, -0.05) is 28.5 Å². The predicted molar refractivity (Wildman–Crippen MR) is 96.7 cm³/mol. The highest BCUT2D eigenvalue weighted by Gasteiger charge is 2.70. The molecule has 0 amide bonds. The smallest absolute Gasteiger partial charge is 0.306 e. The van der Waals surface area contributed by atoms with Gasteiger partial charge in [-0.25, -0.2) is 0 Å². The van der Waals surface area contributed by atoms with Gasteiger partial charge in [0, 0.05) is 35.2 Å². The maximum atomic E-state index is 12.3. The molecule has 24 heavy (non-hydrogen) atoms. The van der Waals surface area contributed by atoms with E-state index in [1.165, 1.54) is 12.8 Å². The molecular weight excluding hydrogens is 340 g/mol. The fourth-order valence-electron chi connectivity index (χ4n) is 7.02. The van der Waals surface area contributed by atoms with Crippen molar-refractivity contribution in [3.05, 3.63) is 0 Å². The molecule has 2 heterocycles. The van der Waals surface area contributed by atoms with E-state index < -0.39 is 0 Å². The quantitative estimate of drug-likeness (QED) is 0.470. The summed E-state index contributed by atoms with van der Waals surface area (Å²) in [5.74, 6) is 2.38. The number of carbonyl (C=O) groups is 2. The zero-order chi connectivity index (χ0) is 16.7. The molecule has 2 aliphatic heterocycles. The van der Waals surface area contributed by atoms with Crippen LogP contribution in [0.4, 0.5) is 0 Å². The normalized spacial score (nSPS) is 56.1. The van der Waals surface area contributed by atoms with Crippen LogP contribution in [-0.4, -0.2) is 27.4 Å². The van der Waals surface area contributed by atoms with Gasteiger partial charge in [-0.2, -0.15) is 0 Å². The number of ether oxygens (including phenoxy) is 1. The van der Waals surface area contributed by atoms with E-state index in [-0.39, 0.29) is 21.7 Å². The average Bonchev–Trinajstić information content (AvgIpc) is 2.68. The SMILES string of the molecule is C[C@]12[C@H]3CC(=O)C[C@]1(CC[C@H]1[C@@H]2CC[C@]2(C)OC(=O)CC[C@@H]12)SS3. The van der Waals surface area contributed by atoms with Gasteiger partial charge in [0.2, 0.25) is 0 Å². The van der Waals surface area contributed by atoms with Crippen LogP contribution in [0.5, 0.6) is 0 Å². The molecule has 3 aliphatic carbocycles. The van der Waals surface area contributed by atoms with Crippen LogP contribution < -0.4 is 0 Å². The Morgan fingerprint density at radius 2 is 1.92 bits per heavy atom. The second-order valence-electron chi connectivity index (χ2n) is 9.14. The Morgan fingerprint density at radius 3 is 2.75 bits per heavy atom. The minimum Gasteiger partial charge on any atom is -0.459 e. The van der Waals surface area contributed by atoms with E-state index in [1.807, 2.05) is 21.6 Å². The van der Waals surface area contributed by atoms with E-state index in [1.54, 1.807) is 0 Å². The molecule has 0 radical (unpaired) electrons. The monoisotopic (exact) mass is 366 g/mol. The number of rotatable bonds is 0. The van der Waals surface area contributed by atoms with Gasteiger partial charge in [0.05, 0.1) is 0 Å². The maximum Gasteiger partial charge on any atom is 0.306 e. The lowest BCUT2D eigenvalue weighted by Gasteiger charge is -2.63. The first kappa shape index (κ1) is 16.0. The van der Waals surface area contributed by atoms with Gasteiger partial charge in [-0.3, -0.25) is 9.59 Å². The summed E-state index contributed by atoms with van der Waals surface area (Å²) in [4.78, 5) is 24.2. The first-order valence-corrected chi connectivity index (χ1v) is 11.7. The van der Waals surface area contributed by atoms with Crippen molar-refractivity contribution in [3.63, 3.8) is 0 Å². The molecule has 7 atom stereocenters. The Hall–Kier alpha value is -0.160. The lowest BCUT2D eigenvalue weighted by atomic mass is 9.45. The van der Waals surface area contributed by atoms with Crippen molar-refractivity contribution < 1.29 is 14.3 Å². The van der Waals surface area contributed by atoms with Crippen molar-refractivity contribution >= 4 is 33.3 Å². The number of carbonyl (C=O) groups excluding carboxylic acids is 2. The number of ketones is 1. The van der Waals surface area contributed by atoms with Crippen LogP contribution in [0.3, 0.4) is 0 Å². The van der Waals surface area contributed by atoms with Gasteiger partial charge in [0.1, 0.15) is 11.4 Å². The van der Waals surface area contributed by atoms with Crippen LogP contribution in [0.1, 0.15) is 65.2 Å². The van der Waals surface area contributed by atoms with Crippen molar-refractivity contribution in [2.75, 3.05) is 0 Å². The van der Waals surface area contributed by atoms with Crippen LogP contribution in [0.25, 0.3) is 0 Å². The van der Waals surface area contributed by atoms with Gasteiger partial charge in [-0.15, -0.1) is 0 Å². The molecule has 0 aromatic carbocycles. The molecule has 0 unspecified atom stereocenters. The molecule has 0 N–H and O–H groups in total. The van der Waals surface area contributed by atoms with E-state index in [0.29, 0.717) is 35.2 Å². The first-order valence-electron chi connectivity index (χ1n) is 9.46. The summed E-state index contributed by atoms with van der Waals surface area (Å²) in [6.07, 6.45) is 7.71. The molecule has 5 heteroatoms. The fraction of sp³-hybridized carbons (Fsp3) is 0.895. The van der Waals surface area contributed by atoms with Gasteiger partial charge in [0.25, 0.3) is 0 Å². The highest BCUT2D eigenvalue weighted by Crippen LogP contribution is 2.76. The van der Waals surface area contributed by atoms with Crippen molar-refractivity contribution in [1.29, 1.82) is 0 Å². The highest BCUT2D eigenvalue weighted by molar-refractivity contribution is 8.78. The van der Waals surface area contributed by atoms with E-state index in [0.717, 1.165) is 32.1 Å². The van der Waals surface area contributed by atoms with Crippen molar-refractivity contribution in [1.82, 2.24) is 0 Å². The summed E-state index contributed by atoms with van der Waals surface area (Å²) in [5.41, 5.74) is 0.0448. The number of esters is 1. The minimum atomic E-state index is -0.235. The molecule has 0 aromatic heterocycles. The molecule has 3 nitrogen and oxygen atoms in total. The van der Waals surface area contributed by atoms with Gasteiger partial charge in [-0.05, 0) is 56.3 Å². The predicted octanol–water partition coefficient (Wildman–Crippen LogP) is 4.39. The molecule has 0 spiro atoms. The molecule has 5 aliphatic rings. The molecule has 5 fully saturated rings. The van der Waals surface area contributed by atoms with Crippen LogP contribution in [0.2, 0.25) is 0 Å². The summed E-state index contributed by atoms with van der Waals surface area (Å²) >= 11 is 0. The largest absolute Gasteiger partial charge is 0.459 e. The molecule has 5 rings (SSSR count). The first-order chi connectivity index (χ1) is 11.4. The van der Waals surface area contributed by atoms with E-state index in [4.69, 9.17) is 4.74 Å². The zero-order valence-electron chi connectivity index (χ0n) is 14.5. The molecule has 2 saturated heterocycles. The maximum absolute atomic E-state index is 12.3. The highest BCUT2D eigenvalue weighted by atomic mass is 33.1. The van der Waals surface area contributed by atoms with E-state index >= 15 is 0 Å². The van der Waals surface area contributed by atoms with Crippen LogP contribution in [-0.2, 0) is 14.3 Å². The van der Waals surface area contributed by atoms with Crippen LogP contribution in [0, 0.1) is 23.2 Å². The lowest BCUT2D eigenvalue weighted by molar-refractivity contribution is -0.199. The van der Waals surface area contributed by atoms with Crippen molar-refractivity contribution in [2.45, 2.75) is 80.8 Å². The third-order valence-electron chi connectivity index (χ3n) is 8.30. The summed E-state index contributed by atoms with van der Waals surface area (Å²) in [6.45, 7) is 4.69. The number of Topliss-reactive ketones (excluding diaryl/α,β-unsaturated/α-hetero) is 1. The second-order valence-corrected chi connectivity index (χ2v) is 11.9. The summed E-state index contributed by atoms with van der Waals surface area (Å²) < 4.78 is 6.06. The third-order valence-corrected chi connectivity index (χ3v) is 12.3. The molecule has 0 aromatic rings. The summed E-state index contributed by atoms with van der Waals surface area (Å²) in [6, 6.07) is 0. The van der Waals surface area contributed by atoms with Gasteiger partial charge < -0.3 is 4.74 Å². The molecule has 2 bridgehead atoms. The Balaban J connectivity index is 1.52. The van der Waals surface area contributed by atoms with Gasteiger partial charge >= 0.3 is 5.97 Å². The third kappa shape index (κ3) is 1.84. The summed E-state index contributed by atoms with van der Waals surface area (Å²) in [5, 5.41) is 0.493. The van der Waals surface area contributed by atoms with E-state index in [2.05, 4.69) is 13.8 Å². The lowest BCUT2D eigenvalue weighted by Crippen LogP contribution is -2.64. The Bertz CT molecular complexity index is 622. The Morgan fingerprint density at radius 1 is 1.08 bits per heavy atom. The van der Waals surface area contributed by atoms with Crippen molar-refractivity contribution in [2.24, 2.45) is 23.2 Å². The Kier molecular flexibility index (Phi) is 3.32. The summed E-state index contributed by atoms with van der Waals surface area (Å²) in [7, 11) is 4.05. The van der Waals surface area contributed by atoms with Crippen LogP contribution in [0.15, 0.2) is 0 Å². The molecular formula is C19H26O3S2. The zero-order valence-corrected chi connectivity index (χ0v) is 16.1. The number of hydrogen-bond acceptors (Lipinski definition) is 5. The second kappa shape index (κ2) is 4.97. The standard InChI is InChI=1S/C19H26O3S2/c1-17-7-6-14-12(13(17)3-4-16(21)22-17)5-8-19-10-11(20)9-15(23-24-19)18(14,19)2/h12-15H,3-10H2,1-2H3/t12-,13+,14+,15-,17+,18+,19+/m1/s1. The average molecular weight is 367 g/mol. The minimum absolute atomic E-state index is 0.000125. The van der Waals surface area contributed by atoms with Gasteiger partial charge in [0.15, 0.2) is 0 Å². The number of fused-ring (bicyclic) bond motifs is 3. The Labute approximate surface area is 151 Å². The topological polar surface area (TPSA) is 43.4 Å². The number of hydrogen-bond donors (Lipinski definition) is 0. The fourth-order valence-corrected chi connectivity index (χ4v) is 11.8. The van der Waals surface area contributed by atoms with Crippen LogP contribution >= 0.6 is 21.6 Å². The van der Waals surface area contributed by atoms with Crippen molar-refractivity contribution in [3.8, 4) is 0 Å². The molecule has 132 valence electrons. The molecule has 3 saturated carbocycles. The van der Waals surface area contributed by atoms with E-state index in [9.17, 15) is 9.59 Å².